The summed E-state index contributed by atoms with van der Waals surface area (Å²) in [6.45, 7) is 6.92. The van der Waals surface area contributed by atoms with Gasteiger partial charge in [-0.25, -0.2) is 4.98 Å². The Labute approximate surface area is 130 Å². The monoisotopic (exact) mass is 303 g/mol. The van der Waals surface area contributed by atoms with Crippen LogP contribution in [0.5, 0.6) is 5.88 Å². The molecule has 1 fully saturated rings. The van der Waals surface area contributed by atoms with E-state index in [9.17, 15) is 0 Å². The highest BCUT2D eigenvalue weighted by molar-refractivity contribution is 7.99. The molecule has 4 nitrogen and oxygen atoms in total. The lowest BCUT2D eigenvalue weighted by atomic mass is 10.2. The Morgan fingerprint density at radius 1 is 1.48 bits per heavy atom. The first-order valence-corrected chi connectivity index (χ1v) is 8.42. The van der Waals surface area contributed by atoms with Crippen molar-refractivity contribution in [1.82, 2.24) is 9.88 Å². The van der Waals surface area contributed by atoms with E-state index in [2.05, 4.69) is 16.5 Å². The molecular formula is C16H21N3OS. The van der Waals surface area contributed by atoms with Crippen LogP contribution in [0.3, 0.4) is 0 Å². The standard InChI is InChI=1S/C16H21N3OS/c1-2-3-6-15(13-19-8-10-21-11-9-19)20-16-7-4-5-14(12-17)18-16/h2,4-5,7,15H,1,3,6,8-11,13H2/t15-/m0/s1. The fourth-order valence-corrected chi connectivity index (χ4v) is 3.26. The molecule has 1 aromatic heterocycles. The zero-order chi connectivity index (χ0) is 14.9. The second kappa shape index (κ2) is 8.71. The van der Waals surface area contributed by atoms with Crippen LogP contribution in [0.15, 0.2) is 30.9 Å². The Morgan fingerprint density at radius 2 is 2.29 bits per heavy atom. The Morgan fingerprint density at radius 3 is 3.00 bits per heavy atom. The number of hydrogen-bond donors (Lipinski definition) is 0. The van der Waals surface area contributed by atoms with Gasteiger partial charge in [0.1, 0.15) is 17.9 Å². The van der Waals surface area contributed by atoms with Crippen molar-refractivity contribution in [2.45, 2.75) is 18.9 Å². The van der Waals surface area contributed by atoms with Crippen molar-refractivity contribution in [2.75, 3.05) is 31.1 Å². The van der Waals surface area contributed by atoms with E-state index in [4.69, 9.17) is 10.00 Å². The first-order chi connectivity index (χ1) is 10.3. The molecule has 1 saturated heterocycles. The lowest BCUT2D eigenvalue weighted by Crippen LogP contribution is -2.40. The van der Waals surface area contributed by atoms with Crippen LogP contribution in [0.4, 0.5) is 0 Å². The number of nitrogens with zero attached hydrogens (tertiary/aromatic N) is 3. The van der Waals surface area contributed by atoms with Crippen LogP contribution in [0.2, 0.25) is 0 Å². The predicted octanol–water partition coefficient (Wildman–Crippen LogP) is 2.72. The normalized spacial score (nSPS) is 16.9. The maximum Gasteiger partial charge on any atom is 0.214 e. The fraction of sp³-hybridized carbons (Fsp3) is 0.500. The van der Waals surface area contributed by atoms with Gasteiger partial charge in [0.2, 0.25) is 5.88 Å². The van der Waals surface area contributed by atoms with Gasteiger partial charge in [0, 0.05) is 37.2 Å². The second-order valence-electron chi connectivity index (χ2n) is 4.99. The van der Waals surface area contributed by atoms with Gasteiger partial charge in [-0.15, -0.1) is 6.58 Å². The number of aromatic nitrogens is 1. The van der Waals surface area contributed by atoms with Gasteiger partial charge in [-0.05, 0) is 18.9 Å². The summed E-state index contributed by atoms with van der Waals surface area (Å²) in [5.41, 5.74) is 0.393. The van der Waals surface area contributed by atoms with E-state index >= 15 is 0 Å². The van der Waals surface area contributed by atoms with Crippen molar-refractivity contribution < 1.29 is 4.74 Å². The van der Waals surface area contributed by atoms with Crippen molar-refractivity contribution in [3.05, 3.63) is 36.5 Å². The molecule has 0 spiro atoms. The minimum atomic E-state index is 0.0903. The summed E-state index contributed by atoms with van der Waals surface area (Å²) in [6.07, 6.45) is 3.85. The molecule has 2 heterocycles. The van der Waals surface area contributed by atoms with E-state index in [0.717, 1.165) is 32.5 Å². The van der Waals surface area contributed by atoms with Gasteiger partial charge in [0.25, 0.3) is 0 Å². The second-order valence-corrected chi connectivity index (χ2v) is 6.22. The number of hydrogen-bond acceptors (Lipinski definition) is 5. The molecule has 5 heteroatoms. The van der Waals surface area contributed by atoms with Crippen LogP contribution in [0.25, 0.3) is 0 Å². The topological polar surface area (TPSA) is 49.1 Å². The zero-order valence-corrected chi connectivity index (χ0v) is 13.0. The van der Waals surface area contributed by atoms with Crippen LogP contribution in [-0.2, 0) is 0 Å². The largest absolute Gasteiger partial charge is 0.473 e. The van der Waals surface area contributed by atoms with Gasteiger partial charge in [0.15, 0.2) is 0 Å². The molecule has 1 aliphatic rings. The van der Waals surface area contributed by atoms with Gasteiger partial charge in [-0.2, -0.15) is 17.0 Å². The summed E-state index contributed by atoms with van der Waals surface area (Å²) in [5, 5.41) is 8.91. The summed E-state index contributed by atoms with van der Waals surface area (Å²) in [7, 11) is 0. The third-order valence-corrected chi connectivity index (χ3v) is 4.33. The van der Waals surface area contributed by atoms with E-state index < -0.39 is 0 Å². The van der Waals surface area contributed by atoms with E-state index in [0.29, 0.717) is 11.6 Å². The average Bonchev–Trinajstić information content (AvgIpc) is 2.54. The van der Waals surface area contributed by atoms with Crippen LogP contribution in [0, 0.1) is 11.3 Å². The van der Waals surface area contributed by atoms with E-state index in [-0.39, 0.29) is 6.10 Å². The van der Waals surface area contributed by atoms with E-state index in [1.807, 2.05) is 36.0 Å². The smallest absolute Gasteiger partial charge is 0.214 e. The SMILES string of the molecule is C=CCC[C@@H](CN1CCSCC1)Oc1cccc(C#N)n1. The Kier molecular flexibility index (Phi) is 6.58. The first kappa shape index (κ1) is 15.9. The lowest BCUT2D eigenvalue weighted by Gasteiger charge is -2.30. The summed E-state index contributed by atoms with van der Waals surface area (Å²) in [6, 6.07) is 7.35. The van der Waals surface area contributed by atoms with Crippen LogP contribution in [-0.4, -0.2) is 47.1 Å². The molecule has 0 radical (unpaired) electrons. The first-order valence-electron chi connectivity index (χ1n) is 7.26. The highest BCUT2D eigenvalue weighted by Crippen LogP contribution is 2.16. The summed E-state index contributed by atoms with van der Waals surface area (Å²) in [4.78, 5) is 6.64. The van der Waals surface area contributed by atoms with Crippen molar-refractivity contribution in [3.63, 3.8) is 0 Å². The van der Waals surface area contributed by atoms with Crippen molar-refractivity contribution in [2.24, 2.45) is 0 Å². The predicted molar refractivity (Wildman–Crippen MR) is 86.6 cm³/mol. The molecule has 0 saturated carbocycles. The van der Waals surface area contributed by atoms with Gasteiger partial charge >= 0.3 is 0 Å². The summed E-state index contributed by atoms with van der Waals surface area (Å²) in [5.74, 6) is 2.92. The highest BCUT2D eigenvalue weighted by Gasteiger charge is 2.18. The molecule has 1 atom stereocenters. The third-order valence-electron chi connectivity index (χ3n) is 3.38. The number of ether oxygens (including phenoxy) is 1. The van der Waals surface area contributed by atoms with Crippen molar-refractivity contribution >= 4 is 11.8 Å². The molecule has 2 rings (SSSR count). The molecule has 112 valence electrons. The van der Waals surface area contributed by atoms with E-state index in [1.165, 1.54) is 11.5 Å². The summed E-state index contributed by atoms with van der Waals surface area (Å²) >= 11 is 2.01. The molecule has 1 aliphatic heterocycles. The quantitative estimate of drug-likeness (QED) is 0.725. The molecule has 0 amide bonds. The number of allylic oxidation sites excluding steroid dienone is 1. The van der Waals surface area contributed by atoms with E-state index in [1.54, 1.807) is 6.07 Å². The zero-order valence-electron chi connectivity index (χ0n) is 12.2. The van der Waals surface area contributed by atoms with Crippen LogP contribution >= 0.6 is 11.8 Å². The molecule has 21 heavy (non-hydrogen) atoms. The van der Waals surface area contributed by atoms with Crippen LogP contribution in [0.1, 0.15) is 18.5 Å². The molecule has 0 aromatic carbocycles. The van der Waals surface area contributed by atoms with Crippen LogP contribution < -0.4 is 4.74 Å². The van der Waals surface area contributed by atoms with Crippen molar-refractivity contribution in [1.29, 1.82) is 5.26 Å². The maximum absolute atomic E-state index is 8.91. The minimum absolute atomic E-state index is 0.0903. The molecule has 0 unspecified atom stereocenters. The van der Waals surface area contributed by atoms with Gasteiger partial charge in [-0.1, -0.05) is 12.1 Å². The lowest BCUT2D eigenvalue weighted by molar-refractivity contribution is 0.127. The number of thioether (sulfide) groups is 1. The number of pyridine rings is 1. The van der Waals surface area contributed by atoms with Gasteiger partial charge in [0.05, 0.1) is 0 Å². The molecular weight excluding hydrogens is 282 g/mol. The van der Waals surface area contributed by atoms with Gasteiger partial charge in [-0.3, -0.25) is 4.90 Å². The fourth-order valence-electron chi connectivity index (χ4n) is 2.28. The number of rotatable bonds is 7. The Bertz CT molecular complexity index is 495. The molecule has 0 N–H and O–H groups in total. The third kappa shape index (κ3) is 5.41. The van der Waals surface area contributed by atoms with Gasteiger partial charge < -0.3 is 4.74 Å². The number of nitriles is 1. The molecule has 0 aliphatic carbocycles. The molecule has 1 aromatic rings. The minimum Gasteiger partial charge on any atom is -0.473 e. The Hall–Kier alpha value is -1.51. The molecule has 0 bridgehead atoms. The van der Waals surface area contributed by atoms with Crippen molar-refractivity contribution in [3.8, 4) is 11.9 Å². The Balaban J connectivity index is 1.97. The maximum atomic E-state index is 8.91. The highest BCUT2D eigenvalue weighted by atomic mass is 32.2. The summed E-state index contributed by atoms with van der Waals surface area (Å²) < 4.78 is 6.00. The average molecular weight is 303 g/mol.